The van der Waals surface area contributed by atoms with Crippen molar-refractivity contribution >= 4 is 29.2 Å². The van der Waals surface area contributed by atoms with Gasteiger partial charge in [0.2, 0.25) is 5.91 Å². The fourth-order valence-electron chi connectivity index (χ4n) is 3.84. The first-order valence-electron chi connectivity index (χ1n) is 12.1. The van der Waals surface area contributed by atoms with Crippen LogP contribution >= 0.6 is 11.6 Å². The maximum atomic E-state index is 13.3. The Labute approximate surface area is 227 Å². The SMILES string of the molecule is N#Cc1cccc(CN(C(=O)CNCc2ccc(Cl)cc2)c2ccc(C(=O)OCc3ccccc3)cc2)c1. The zero-order valence-electron chi connectivity index (χ0n) is 20.6. The molecule has 0 radical (unpaired) electrons. The minimum Gasteiger partial charge on any atom is -0.457 e. The third kappa shape index (κ3) is 7.53. The molecule has 0 saturated carbocycles. The molecule has 1 amide bonds. The van der Waals surface area contributed by atoms with E-state index >= 15 is 0 Å². The van der Waals surface area contributed by atoms with Crippen LogP contribution in [-0.2, 0) is 29.2 Å². The smallest absolute Gasteiger partial charge is 0.338 e. The van der Waals surface area contributed by atoms with Gasteiger partial charge in [0.15, 0.2) is 0 Å². The second-order valence-corrected chi connectivity index (χ2v) is 9.07. The van der Waals surface area contributed by atoms with E-state index in [9.17, 15) is 14.9 Å². The topological polar surface area (TPSA) is 82.4 Å². The van der Waals surface area contributed by atoms with E-state index in [1.54, 1.807) is 59.5 Å². The Balaban J connectivity index is 1.46. The molecule has 0 aromatic heterocycles. The van der Waals surface area contributed by atoms with E-state index < -0.39 is 5.97 Å². The van der Waals surface area contributed by atoms with Gasteiger partial charge in [0.05, 0.1) is 30.3 Å². The molecule has 0 aliphatic heterocycles. The summed E-state index contributed by atoms with van der Waals surface area (Å²) in [5.41, 5.74) is 4.28. The molecule has 4 aromatic rings. The number of nitriles is 1. The first-order chi connectivity index (χ1) is 18.5. The van der Waals surface area contributed by atoms with Gasteiger partial charge in [-0.3, -0.25) is 4.79 Å². The highest BCUT2D eigenvalue weighted by molar-refractivity contribution is 6.30. The van der Waals surface area contributed by atoms with Crippen molar-refractivity contribution in [1.82, 2.24) is 5.32 Å². The van der Waals surface area contributed by atoms with Crippen LogP contribution in [0.2, 0.25) is 5.02 Å². The van der Waals surface area contributed by atoms with Gasteiger partial charge in [0, 0.05) is 17.3 Å². The van der Waals surface area contributed by atoms with Gasteiger partial charge < -0.3 is 15.0 Å². The number of carbonyl (C=O) groups is 2. The number of rotatable bonds is 10. The molecule has 190 valence electrons. The van der Waals surface area contributed by atoms with E-state index in [0.29, 0.717) is 28.4 Å². The van der Waals surface area contributed by atoms with Crippen LogP contribution in [0.4, 0.5) is 5.69 Å². The van der Waals surface area contributed by atoms with Crippen LogP contribution in [-0.4, -0.2) is 18.4 Å². The summed E-state index contributed by atoms with van der Waals surface area (Å²) in [6.07, 6.45) is 0. The molecule has 38 heavy (non-hydrogen) atoms. The molecule has 0 spiro atoms. The van der Waals surface area contributed by atoms with Crippen molar-refractivity contribution in [2.75, 3.05) is 11.4 Å². The first-order valence-corrected chi connectivity index (χ1v) is 12.5. The van der Waals surface area contributed by atoms with Crippen LogP contribution in [0.3, 0.4) is 0 Å². The zero-order valence-corrected chi connectivity index (χ0v) is 21.4. The molecule has 0 heterocycles. The summed E-state index contributed by atoms with van der Waals surface area (Å²) < 4.78 is 5.42. The molecule has 0 atom stereocenters. The monoisotopic (exact) mass is 523 g/mol. The van der Waals surface area contributed by atoms with E-state index in [0.717, 1.165) is 16.7 Å². The number of hydrogen-bond donors (Lipinski definition) is 1. The van der Waals surface area contributed by atoms with Crippen molar-refractivity contribution in [3.8, 4) is 6.07 Å². The Hall–Kier alpha value is -4.44. The fraction of sp³-hybridized carbons (Fsp3) is 0.129. The van der Waals surface area contributed by atoms with Crippen LogP contribution in [0.1, 0.15) is 32.6 Å². The summed E-state index contributed by atoms with van der Waals surface area (Å²) in [7, 11) is 0. The maximum absolute atomic E-state index is 13.3. The highest BCUT2D eigenvalue weighted by Crippen LogP contribution is 2.20. The third-order valence-electron chi connectivity index (χ3n) is 5.84. The first kappa shape index (κ1) is 26.6. The lowest BCUT2D eigenvalue weighted by molar-refractivity contribution is -0.118. The molecule has 0 aliphatic rings. The minimum absolute atomic E-state index is 0.0986. The second kappa shape index (κ2) is 13.2. The standard InChI is InChI=1S/C31H26ClN3O3/c32-28-13-9-23(10-14-28)19-34-20-30(36)35(21-26-8-4-7-25(17-26)18-33)29-15-11-27(12-16-29)31(37)38-22-24-5-2-1-3-6-24/h1-17,34H,19-22H2. The average Bonchev–Trinajstić information content (AvgIpc) is 2.96. The summed E-state index contributed by atoms with van der Waals surface area (Å²) >= 11 is 5.95. The molecule has 0 fully saturated rings. The zero-order chi connectivity index (χ0) is 26.7. The Kier molecular flexibility index (Phi) is 9.25. The number of carbonyl (C=O) groups excluding carboxylic acids is 2. The summed E-state index contributed by atoms with van der Waals surface area (Å²) in [5.74, 6) is -0.592. The lowest BCUT2D eigenvalue weighted by Crippen LogP contribution is -2.37. The molecular formula is C31H26ClN3O3. The average molecular weight is 524 g/mol. The quantitative estimate of drug-likeness (QED) is 0.262. The van der Waals surface area contributed by atoms with Crippen molar-refractivity contribution < 1.29 is 14.3 Å². The van der Waals surface area contributed by atoms with Crippen molar-refractivity contribution in [2.24, 2.45) is 0 Å². The van der Waals surface area contributed by atoms with E-state index in [1.165, 1.54) is 0 Å². The number of amides is 1. The van der Waals surface area contributed by atoms with Crippen LogP contribution in [0.5, 0.6) is 0 Å². The number of anilines is 1. The normalized spacial score (nSPS) is 10.4. The van der Waals surface area contributed by atoms with Crippen molar-refractivity contribution in [3.05, 3.63) is 136 Å². The number of hydrogen-bond acceptors (Lipinski definition) is 5. The highest BCUT2D eigenvalue weighted by Gasteiger charge is 2.18. The summed E-state index contributed by atoms with van der Waals surface area (Å²) in [6.45, 7) is 1.06. The number of benzene rings is 4. The molecule has 0 bridgehead atoms. The minimum atomic E-state index is -0.440. The molecule has 0 aliphatic carbocycles. The summed E-state index contributed by atoms with van der Waals surface area (Å²) in [6, 6.07) is 32.9. The van der Waals surface area contributed by atoms with Gasteiger partial charge in [0.1, 0.15) is 6.61 Å². The van der Waals surface area contributed by atoms with E-state index in [-0.39, 0.29) is 25.6 Å². The Morgan fingerprint density at radius 3 is 2.26 bits per heavy atom. The number of halogens is 1. The molecule has 1 N–H and O–H groups in total. The predicted molar refractivity (Wildman–Crippen MR) is 148 cm³/mol. The van der Waals surface area contributed by atoms with Crippen molar-refractivity contribution in [3.63, 3.8) is 0 Å². The molecule has 4 rings (SSSR count). The van der Waals surface area contributed by atoms with E-state index in [4.69, 9.17) is 16.3 Å². The molecular weight excluding hydrogens is 498 g/mol. The van der Waals surface area contributed by atoms with Gasteiger partial charge >= 0.3 is 5.97 Å². The third-order valence-corrected chi connectivity index (χ3v) is 6.10. The molecule has 6 nitrogen and oxygen atoms in total. The van der Waals surface area contributed by atoms with Gasteiger partial charge in [-0.05, 0) is 65.2 Å². The van der Waals surface area contributed by atoms with E-state index in [2.05, 4.69) is 11.4 Å². The van der Waals surface area contributed by atoms with Crippen LogP contribution in [0.15, 0.2) is 103 Å². The maximum Gasteiger partial charge on any atom is 0.338 e. The lowest BCUT2D eigenvalue weighted by atomic mass is 10.1. The molecule has 4 aromatic carbocycles. The summed E-state index contributed by atoms with van der Waals surface area (Å²) in [5, 5.41) is 13.1. The van der Waals surface area contributed by atoms with Crippen LogP contribution in [0.25, 0.3) is 0 Å². The lowest BCUT2D eigenvalue weighted by Gasteiger charge is -2.24. The Morgan fingerprint density at radius 1 is 0.842 bits per heavy atom. The number of nitrogens with zero attached hydrogens (tertiary/aromatic N) is 2. The Bertz CT molecular complexity index is 1420. The molecule has 7 heteroatoms. The van der Waals surface area contributed by atoms with Crippen molar-refractivity contribution in [2.45, 2.75) is 19.7 Å². The predicted octanol–water partition coefficient (Wildman–Crippen LogP) is 5.89. The van der Waals surface area contributed by atoms with Gasteiger partial charge in [0.25, 0.3) is 0 Å². The van der Waals surface area contributed by atoms with Crippen molar-refractivity contribution in [1.29, 1.82) is 5.26 Å². The summed E-state index contributed by atoms with van der Waals surface area (Å²) in [4.78, 5) is 27.5. The molecule has 0 unspecified atom stereocenters. The number of nitrogens with one attached hydrogen (secondary N) is 1. The van der Waals surface area contributed by atoms with E-state index in [1.807, 2.05) is 48.5 Å². The van der Waals surface area contributed by atoms with Gasteiger partial charge in [-0.15, -0.1) is 0 Å². The highest BCUT2D eigenvalue weighted by atomic mass is 35.5. The largest absolute Gasteiger partial charge is 0.457 e. The van der Waals surface area contributed by atoms with Gasteiger partial charge in [-0.1, -0.05) is 66.2 Å². The van der Waals surface area contributed by atoms with Crippen LogP contribution < -0.4 is 10.2 Å². The molecule has 0 saturated heterocycles. The van der Waals surface area contributed by atoms with Crippen LogP contribution in [0, 0.1) is 11.3 Å². The van der Waals surface area contributed by atoms with Gasteiger partial charge in [-0.2, -0.15) is 5.26 Å². The second-order valence-electron chi connectivity index (χ2n) is 8.63. The number of esters is 1. The fourth-order valence-corrected chi connectivity index (χ4v) is 3.97. The Morgan fingerprint density at radius 2 is 1.55 bits per heavy atom. The number of ether oxygens (including phenoxy) is 1. The van der Waals surface area contributed by atoms with Gasteiger partial charge in [-0.25, -0.2) is 4.79 Å².